The molecule has 12 heavy (non-hydrogen) atoms. The fourth-order valence-electron chi connectivity index (χ4n) is 0.739. The Morgan fingerprint density at radius 2 is 2.25 bits per heavy atom. The minimum atomic E-state index is 0.505. The Balaban J connectivity index is 3.94. The molecule has 0 aromatic rings. The van der Waals surface area contributed by atoms with Gasteiger partial charge in [-0.3, -0.25) is 4.99 Å². The summed E-state index contributed by atoms with van der Waals surface area (Å²) in [6.07, 6.45) is 5.49. The van der Waals surface area contributed by atoms with Crippen LogP contribution in [0.4, 0.5) is 0 Å². The molecule has 0 saturated carbocycles. The van der Waals surface area contributed by atoms with Crippen molar-refractivity contribution >= 4 is 6.34 Å². The molecule has 0 aliphatic carbocycles. The van der Waals surface area contributed by atoms with E-state index in [9.17, 15) is 0 Å². The third kappa shape index (κ3) is 4.72. The van der Waals surface area contributed by atoms with Crippen LogP contribution in [-0.2, 0) is 0 Å². The molecule has 0 aliphatic rings. The van der Waals surface area contributed by atoms with Crippen molar-refractivity contribution in [3.05, 3.63) is 24.4 Å². The summed E-state index contributed by atoms with van der Waals surface area (Å²) in [5, 5.41) is 2.99. The minimum absolute atomic E-state index is 0.505. The zero-order chi connectivity index (χ0) is 9.40. The van der Waals surface area contributed by atoms with Gasteiger partial charge in [0.05, 0.1) is 6.34 Å². The van der Waals surface area contributed by atoms with E-state index in [1.54, 1.807) is 6.34 Å². The molecule has 0 radical (unpaired) electrons. The van der Waals surface area contributed by atoms with Crippen LogP contribution in [-0.4, -0.2) is 12.9 Å². The molecule has 1 N–H and O–H groups in total. The SMILES string of the molecule is C=C/C(=C\NC=NCC)C(C)C. The fraction of sp³-hybridized carbons (Fsp3) is 0.500. The van der Waals surface area contributed by atoms with E-state index in [0.29, 0.717) is 5.92 Å². The first-order valence-corrected chi connectivity index (χ1v) is 4.29. The third-order valence-electron chi connectivity index (χ3n) is 1.50. The molecule has 0 aromatic heterocycles. The van der Waals surface area contributed by atoms with Crippen molar-refractivity contribution in [3.8, 4) is 0 Å². The van der Waals surface area contributed by atoms with Gasteiger partial charge < -0.3 is 5.32 Å². The summed E-state index contributed by atoms with van der Waals surface area (Å²) < 4.78 is 0. The van der Waals surface area contributed by atoms with Gasteiger partial charge >= 0.3 is 0 Å². The first kappa shape index (κ1) is 11.0. The standard InChI is InChI=1S/C10H18N2/c1-5-10(9(3)4)7-12-8-11-6-2/h5,7-9H,1,6H2,2-4H3,(H,11,12)/b10-7+. The van der Waals surface area contributed by atoms with Crippen LogP contribution < -0.4 is 5.32 Å². The Hall–Kier alpha value is -1.05. The van der Waals surface area contributed by atoms with Crippen molar-refractivity contribution in [2.24, 2.45) is 10.9 Å². The average Bonchev–Trinajstić information content (AvgIpc) is 2.04. The molecule has 0 bridgehead atoms. The van der Waals surface area contributed by atoms with Crippen molar-refractivity contribution in [2.75, 3.05) is 6.54 Å². The van der Waals surface area contributed by atoms with E-state index >= 15 is 0 Å². The first-order valence-electron chi connectivity index (χ1n) is 4.29. The summed E-state index contributed by atoms with van der Waals surface area (Å²) in [5.74, 6) is 0.505. The van der Waals surface area contributed by atoms with Crippen molar-refractivity contribution in [1.29, 1.82) is 0 Å². The molecule has 68 valence electrons. The highest BCUT2D eigenvalue weighted by Crippen LogP contribution is 2.07. The molecule has 2 heteroatoms. The van der Waals surface area contributed by atoms with Crippen molar-refractivity contribution in [2.45, 2.75) is 20.8 Å². The number of nitrogens with one attached hydrogen (secondary N) is 1. The van der Waals surface area contributed by atoms with Gasteiger partial charge in [-0.2, -0.15) is 0 Å². The normalized spacial score (nSPS) is 12.5. The quantitative estimate of drug-likeness (QED) is 0.378. The van der Waals surface area contributed by atoms with E-state index < -0.39 is 0 Å². The molecular formula is C10H18N2. The lowest BCUT2D eigenvalue weighted by Crippen LogP contribution is -2.04. The van der Waals surface area contributed by atoms with Crippen LogP contribution in [0.1, 0.15) is 20.8 Å². The second kappa shape index (κ2) is 6.65. The Morgan fingerprint density at radius 3 is 2.67 bits per heavy atom. The molecule has 0 atom stereocenters. The molecule has 0 aliphatic heterocycles. The lowest BCUT2D eigenvalue weighted by Gasteiger charge is -2.04. The summed E-state index contributed by atoms with van der Waals surface area (Å²) in [7, 11) is 0. The monoisotopic (exact) mass is 166 g/mol. The van der Waals surface area contributed by atoms with E-state index in [1.165, 1.54) is 5.57 Å². The average molecular weight is 166 g/mol. The Kier molecular flexibility index (Phi) is 6.07. The summed E-state index contributed by atoms with van der Waals surface area (Å²) in [4.78, 5) is 4.02. The van der Waals surface area contributed by atoms with Crippen molar-refractivity contribution < 1.29 is 0 Å². The van der Waals surface area contributed by atoms with E-state index in [4.69, 9.17) is 0 Å². The Morgan fingerprint density at radius 1 is 1.58 bits per heavy atom. The van der Waals surface area contributed by atoms with Crippen LogP contribution >= 0.6 is 0 Å². The summed E-state index contributed by atoms with van der Waals surface area (Å²) in [6, 6.07) is 0. The van der Waals surface area contributed by atoms with E-state index in [2.05, 4.69) is 30.7 Å². The molecule has 0 fully saturated rings. The number of allylic oxidation sites excluding steroid dienone is 2. The largest absolute Gasteiger partial charge is 0.353 e. The topological polar surface area (TPSA) is 24.4 Å². The van der Waals surface area contributed by atoms with Crippen LogP contribution in [0, 0.1) is 5.92 Å². The number of aliphatic imine (C=N–C) groups is 1. The summed E-state index contributed by atoms with van der Waals surface area (Å²) in [6.45, 7) is 10.8. The van der Waals surface area contributed by atoms with Crippen LogP contribution in [0.2, 0.25) is 0 Å². The number of hydrogen-bond donors (Lipinski definition) is 1. The predicted molar refractivity (Wildman–Crippen MR) is 55.3 cm³/mol. The Bertz CT molecular complexity index is 178. The first-order chi connectivity index (χ1) is 5.72. The highest BCUT2D eigenvalue weighted by molar-refractivity contribution is 5.56. The fourth-order valence-corrected chi connectivity index (χ4v) is 0.739. The predicted octanol–water partition coefficient (Wildman–Crippen LogP) is 2.35. The highest BCUT2D eigenvalue weighted by Gasteiger charge is 1.95. The van der Waals surface area contributed by atoms with Crippen molar-refractivity contribution in [3.63, 3.8) is 0 Å². The zero-order valence-corrected chi connectivity index (χ0v) is 8.17. The van der Waals surface area contributed by atoms with E-state index in [-0.39, 0.29) is 0 Å². The van der Waals surface area contributed by atoms with Gasteiger partial charge in [0.15, 0.2) is 0 Å². The second-order valence-electron chi connectivity index (χ2n) is 2.80. The summed E-state index contributed by atoms with van der Waals surface area (Å²) >= 11 is 0. The Labute approximate surface area is 75.1 Å². The van der Waals surface area contributed by atoms with E-state index in [1.807, 2.05) is 19.2 Å². The van der Waals surface area contributed by atoms with Crippen LogP contribution in [0.5, 0.6) is 0 Å². The molecule has 2 nitrogen and oxygen atoms in total. The van der Waals surface area contributed by atoms with Gasteiger partial charge in [-0.05, 0) is 18.4 Å². The molecule has 0 amide bonds. The van der Waals surface area contributed by atoms with Crippen LogP contribution in [0.15, 0.2) is 29.4 Å². The molecule has 0 unspecified atom stereocenters. The molecule has 0 heterocycles. The zero-order valence-electron chi connectivity index (χ0n) is 8.17. The van der Waals surface area contributed by atoms with Gasteiger partial charge in [-0.1, -0.05) is 26.5 Å². The van der Waals surface area contributed by atoms with Crippen LogP contribution in [0.25, 0.3) is 0 Å². The maximum atomic E-state index is 4.02. The maximum Gasteiger partial charge on any atom is 0.0863 e. The highest BCUT2D eigenvalue weighted by atomic mass is 14.9. The maximum absolute atomic E-state index is 4.02. The van der Waals surface area contributed by atoms with E-state index in [0.717, 1.165) is 6.54 Å². The lowest BCUT2D eigenvalue weighted by molar-refractivity contribution is 0.785. The molecule has 0 rings (SSSR count). The van der Waals surface area contributed by atoms with Crippen LogP contribution in [0.3, 0.4) is 0 Å². The molecule has 0 saturated heterocycles. The van der Waals surface area contributed by atoms with Gasteiger partial charge in [-0.15, -0.1) is 0 Å². The van der Waals surface area contributed by atoms with Gasteiger partial charge in [0.2, 0.25) is 0 Å². The van der Waals surface area contributed by atoms with Gasteiger partial charge in [0, 0.05) is 12.7 Å². The molecule has 0 spiro atoms. The minimum Gasteiger partial charge on any atom is -0.353 e. The number of hydrogen-bond acceptors (Lipinski definition) is 1. The third-order valence-corrected chi connectivity index (χ3v) is 1.50. The molecular weight excluding hydrogens is 148 g/mol. The van der Waals surface area contributed by atoms with Gasteiger partial charge in [0.1, 0.15) is 0 Å². The smallest absolute Gasteiger partial charge is 0.0863 e. The summed E-state index contributed by atoms with van der Waals surface area (Å²) in [5.41, 5.74) is 1.19. The van der Waals surface area contributed by atoms with Gasteiger partial charge in [-0.25, -0.2) is 0 Å². The second-order valence-corrected chi connectivity index (χ2v) is 2.80. The van der Waals surface area contributed by atoms with Gasteiger partial charge in [0.25, 0.3) is 0 Å². The van der Waals surface area contributed by atoms with Crippen molar-refractivity contribution in [1.82, 2.24) is 5.32 Å². The number of rotatable bonds is 5. The number of nitrogens with zero attached hydrogens (tertiary/aromatic N) is 1. The lowest BCUT2D eigenvalue weighted by atomic mass is 10.1. The molecule has 0 aromatic carbocycles.